The van der Waals surface area contributed by atoms with Crippen LogP contribution in [-0.4, -0.2) is 13.0 Å². The average Bonchev–Trinajstić information content (AvgIpc) is 2.44. The third-order valence-corrected chi connectivity index (χ3v) is 3.00. The predicted octanol–water partition coefficient (Wildman–Crippen LogP) is 3.32. The third kappa shape index (κ3) is 2.83. The van der Waals surface area contributed by atoms with Crippen molar-refractivity contribution in [3.63, 3.8) is 0 Å². The first-order valence-electron chi connectivity index (χ1n) is 5.72. The number of rotatable bonds is 3. The van der Waals surface area contributed by atoms with E-state index in [1.165, 1.54) is 31.4 Å². The molecular formula is C14H12ClFN2O2. The van der Waals surface area contributed by atoms with Crippen molar-refractivity contribution in [2.75, 3.05) is 18.2 Å². The van der Waals surface area contributed by atoms with Crippen molar-refractivity contribution in [1.29, 1.82) is 0 Å². The number of ether oxygens (including phenoxy) is 1. The van der Waals surface area contributed by atoms with E-state index in [4.69, 9.17) is 22.1 Å². The minimum atomic E-state index is -0.691. The van der Waals surface area contributed by atoms with Gasteiger partial charge in [-0.2, -0.15) is 0 Å². The van der Waals surface area contributed by atoms with Crippen LogP contribution in [0.2, 0.25) is 5.02 Å². The number of nitrogens with one attached hydrogen (secondary N) is 1. The molecule has 0 aliphatic heterocycles. The van der Waals surface area contributed by atoms with Crippen LogP contribution in [-0.2, 0) is 0 Å². The lowest BCUT2D eigenvalue weighted by atomic mass is 10.1. The van der Waals surface area contributed by atoms with Crippen LogP contribution in [0.3, 0.4) is 0 Å². The quantitative estimate of drug-likeness (QED) is 0.854. The molecule has 20 heavy (non-hydrogen) atoms. The van der Waals surface area contributed by atoms with Crippen molar-refractivity contribution < 1.29 is 13.9 Å². The van der Waals surface area contributed by atoms with E-state index in [0.717, 1.165) is 0 Å². The monoisotopic (exact) mass is 294 g/mol. The first-order valence-corrected chi connectivity index (χ1v) is 6.09. The first-order chi connectivity index (χ1) is 9.52. The second-order valence-electron chi connectivity index (χ2n) is 4.01. The van der Waals surface area contributed by atoms with Gasteiger partial charge in [-0.05, 0) is 30.3 Å². The lowest BCUT2D eigenvalue weighted by Crippen LogP contribution is -2.15. The Kier molecular flexibility index (Phi) is 4.10. The van der Waals surface area contributed by atoms with E-state index in [9.17, 15) is 9.18 Å². The molecule has 3 N–H and O–H groups in total. The molecule has 0 atom stereocenters. The zero-order valence-corrected chi connectivity index (χ0v) is 11.4. The standard InChI is InChI=1S/C14H12ClFN2O2/c1-20-8-5-6-11(17)9(7-8)14(19)18-12-4-2-3-10(15)13(12)16/h2-7H,17H2,1H3,(H,18,19). The number of hydrogen-bond acceptors (Lipinski definition) is 3. The van der Waals surface area contributed by atoms with E-state index < -0.39 is 11.7 Å². The number of methoxy groups -OCH3 is 1. The summed E-state index contributed by atoms with van der Waals surface area (Å²) in [6.07, 6.45) is 0. The average molecular weight is 295 g/mol. The van der Waals surface area contributed by atoms with Gasteiger partial charge >= 0.3 is 0 Å². The van der Waals surface area contributed by atoms with Crippen molar-refractivity contribution in [3.8, 4) is 5.75 Å². The fraction of sp³-hybridized carbons (Fsp3) is 0.0714. The molecule has 0 saturated carbocycles. The summed E-state index contributed by atoms with van der Waals surface area (Å²) in [6, 6.07) is 9.00. The van der Waals surface area contributed by atoms with Crippen molar-refractivity contribution in [2.45, 2.75) is 0 Å². The summed E-state index contributed by atoms with van der Waals surface area (Å²) in [6.45, 7) is 0. The minimum absolute atomic E-state index is 0.00952. The lowest BCUT2D eigenvalue weighted by molar-refractivity contribution is 0.102. The molecule has 2 aromatic carbocycles. The molecule has 0 aliphatic rings. The number of halogens is 2. The van der Waals surface area contributed by atoms with Crippen LogP contribution >= 0.6 is 11.6 Å². The molecule has 0 unspecified atom stereocenters. The molecule has 2 aromatic rings. The molecule has 0 aliphatic carbocycles. The van der Waals surface area contributed by atoms with Gasteiger partial charge in [0.05, 0.1) is 23.4 Å². The van der Waals surface area contributed by atoms with E-state index in [2.05, 4.69) is 5.32 Å². The number of benzene rings is 2. The molecule has 0 bridgehead atoms. The van der Waals surface area contributed by atoms with Gasteiger partial charge in [0.2, 0.25) is 0 Å². The number of amides is 1. The Morgan fingerprint density at radius 3 is 2.80 bits per heavy atom. The van der Waals surface area contributed by atoms with Crippen molar-refractivity contribution >= 4 is 28.9 Å². The van der Waals surface area contributed by atoms with Gasteiger partial charge in [-0.25, -0.2) is 4.39 Å². The molecule has 0 radical (unpaired) electrons. The number of nitrogen functional groups attached to an aromatic ring is 1. The Hall–Kier alpha value is -2.27. The number of nitrogens with two attached hydrogens (primary N) is 1. The number of anilines is 2. The number of hydrogen-bond donors (Lipinski definition) is 2. The Balaban J connectivity index is 2.30. The molecule has 104 valence electrons. The van der Waals surface area contributed by atoms with Gasteiger partial charge in [-0.3, -0.25) is 4.79 Å². The molecule has 0 aromatic heterocycles. The molecule has 1 amide bonds. The summed E-state index contributed by atoms with van der Waals surface area (Å²) in [7, 11) is 1.48. The normalized spacial score (nSPS) is 10.2. The first kappa shape index (κ1) is 14.1. The SMILES string of the molecule is COc1ccc(N)c(C(=O)Nc2cccc(Cl)c2F)c1. The summed E-state index contributed by atoms with van der Waals surface area (Å²) in [5.74, 6) is -0.748. The summed E-state index contributed by atoms with van der Waals surface area (Å²) >= 11 is 5.65. The zero-order valence-electron chi connectivity index (χ0n) is 10.6. The van der Waals surface area contributed by atoms with Crippen LogP contribution < -0.4 is 15.8 Å². The molecule has 4 nitrogen and oxygen atoms in total. The second kappa shape index (κ2) is 5.79. The Labute approximate surface area is 120 Å². The predicted molar refractivity (Wildman–Crippen MR) is 76.8 cm³/mol. The van der Waals surface area contributed by atoms with Crippen molar-refractivity contribution in [2.24, 2.45) is 0 Å². The topological polar surface area (TPSA) is 64.3 Å². The molecule has 0 fully saturated rings. The highest BCUT2D eigenvalue weighted by Crippen LogP contribution is 2.24. The number of carbonyl (C=O) groups excluding carboxylic acids is 1. The van der Waals surface area contributed by atoms with E-state index in [-0.39, 0.29) is 22.0 Å². The number of carbonyl (C=O) groups is 1. The maximum atomic E-state index is 13.7. The molecule has 0 spiro atoms. The van der Waals surface area contributed by atoms with Gasteiger partial charge in [0.1, 0.15) is 5.75 Å². The van der Waals surface area contributed by atoms with Crippen LogP contribution in [0.5, 0.6) is 5.75 Å². The van der Waals surface area contributed by atoms with E-state index in [0.29, 0.717) is 5.75 Å². The van der Waals surface area contributed by atoms with Gasteiger partial charge in [-0.1, -0.05) is 17.7 Å². The van der Waals surface area contributed by atoms with Crippen LogP contribution in [0.15, 0.2) is 36.4 Å². The minimum Gasteiger partial charge on any atom is -0.497 e. The van der Waals surface area contributed by atoms with Gasteiger partial charge < -0.3 is 15.8 Å². The smallest absolute Gasteiger partial charge is 0.257 e. The zero-order chi connectivity index (χ0) is 14.7. The van der Waals surface area contributed by atoms with E-state index >= 15 is 0 Å². The van der Waals surface area contributed by atoms with Crippen LogP contribution in [0, 0.1) is 5.82 Å². The molecule has 0 saturated heterocycles. The summed E-state index contributed by atoms with van der Waals surface area (Å²) in [5.41, 5.74) is 6.19. The van der Waals surface area contributed by atoms with Gasteiger partial charge in [0.15, 0.2) is 5.82 Å². The molecular weight excluding hydrogens is 283 g/mol. The highest BCUT2D eigenvalue weighted by Gasteiger charge is 2.14. The van der Waals surface area contributed by atoms with Crippen molar-refractivity contribution in [3.05, 3.63) is 52.8 Å². The third-order valence-electron chi connectivity index (χ3n) is 2.70. The van der Waals surface area contributed by atoms with Gasteiger partial charge in [-0.15, -0.1) is 0 Å². The van der Waals surface area contributed by atoms with Crippen LogP contribution in [0.25, 0.3) is 0 Å². The van der Waals surface area contributed by atoms with Crippen LogP contribution in [0.1, 0.15) is 10.4 Å². The maximum absolute atomic E-state index is 13.7. The summed E-state index contributed by atoms with van der Waals surface area (Å²) in [5, 5.41) is 2.36. The highest BCUT2D eigenvalue weighted by atomic mass is 35.5. The Bertz CT molecular complexity index is 662. The van der Waals surface area contributed by atoms with E-state index in [1.807, 2.05) is 0 Å². The fourth-order valence-electron chi connectivity index (χ4n) is 1.65. The Morgan fingerprint density at radius 1 is 1.35 bits per heavy atom. The van der Waals surface area contributed by atoms with Gasteiger partial charge in [0, 0.05) is 5.69 Å². The summed E-state index contributed by atoms with van der Waals surface area (Å²) < 4.78 is 18.7. The largest absolute Gasteiger partial charge is 0.497 e. The van der Waals surface area contributed by atoms with Gasteiger partial charge in [0.25, 0.3) is 5.91 Å². The van der Waals surface area contributed by atoms with E-state index in [1.54, 1.807) is 12.1 Å². The lowest BCUT2D eigenvalue weighted by Gasteiger charge is -2.10. The second-order valence-corrected chi connectivity index (χ2v) is 4.42. The molecule has 2 rings (SSSR count). The Morgan fingerprint density at radius 2 is 2.10 bits per heavy atom. The highest BCUT2D eigenvalue weighted by molar-refractivity contribution is 6.31. The molecule has 0 heterocycles. The fourth-order valence-corrected chi connectivity index (χ4v) is 1.82. The summed E-state index contributed by atoms with van der Waals surface area (Å²) in [4.78, 5) is 12.1. The molecule has 6 heteroatoms. The van der Waals surface area contributed by atoms with Crippen molar-refractivity contribution in [1.82, 2.24) is 0 Å². The van der Waals surface area contributed by atoms with Crippen LogP contribution in [0.4, 0.5) is 15.8 Å². The maximum Gasteiger partial charge on any atom is 0.257 e.